The van der Waals surface area contributed by atoms with Gasteiger partial charge in [0.25, 0.3) is 0 Å². The molecule has 2 heterocycles. The quantitative estimate of drug-likeness (QED) is 0.578. The number of hydrogen-bond donors (Lipinski definition) is 1. The maximum absolute atomic E-state index is 12.8. The largest absolute Gasteiger partial charge is 0.273 e. The van der Waals surface area contributed by atoms with E-state index in [4.69, 9.17) is 0 Å². The second kappa shape index (κ2) is 8.77. The van der Waals surface area contributed by atoms with Crippen molar-refractivity contribution in [2.75, 3.05) is 13.1 Å². The Labute approximate surface area is 176 Å². The van der Waals surface area contributed by atoms with Crippen LogP contribution in [0.25, 0.3) is 0 Å². The first-order valence-electron chi connectivity index (χ1n) is 9.67. The standard InChI is InChI=1S/C21H27N3O3S2/c1-14-5-7-19(8-6-14)29(26,27)24-11-9-18(10-12-24)21(25)23-22-16(3)20-13-15(2)28-17(20)4/h5-8,13,18H,9-12H2,1-4H3,(H,23,25)/b22-16+. The number of amides is 1. The van der Waals surface area contributed by atoms with Crippen molar-refractivity contribution in [1.29, 1.82) is 0 Å². The Balaban J connectivity index is 1.58. The van der Waals surface area contributed by atoms with Gasteiger partial charge in [0.05, 0.1) is 10.6 Å². The number of carbonyl (C=O) groups is 1. The van der Waals surface area contributed by atoms with E-state index in [9.17, 15) is 13.2 Å². The molecule has 0 aliphatic carbocycles. The van der Waals surface area contributed by atoms with Crippen molar-refractivity contribution in [3.8, 4) is 0 Å². The van der Waals surface area contributed by atoms with Crippen molar-refractivity contribution in [3.05, 3.63) is 51.2 Å². The van der Waals surface area contributed by atoms with Crippen molar-refractivity contribution >= 4 is 33.0 Å². The molecule has 2 aromatic rings. The smallest absolute Gasteiger partial charge is 0.243 e. The molecule has 0 radical (unpaired) electrons. The van der Waals surface area contributed by atoms with E-state index >= 15 is 0 Å². The molecule has 29 heavy (non-hydrogen) atoms. The van der Waals surface area contributed by atoms with E-state index in [1.807, 2.05) is 27.7 Å². The lowest BCUT2D eigenvalue weighted by atomic mass is 9.98. The zero-order valence-electron chi connectivity index (χ0n) is 17.2. The molecule has 1 aliphatic heterocycles. The van der Waals surface area contributed by atoms with Gasteiger partial charge < -0.3 is 0 Å². The lowest BCUT2D eigenvalue weighted by Gasteiger charge is -2.30. The van der Waals surface area contributed by atoms with E-state index in [2.05, 4.69) is 16.6 Å². The second-order valence-electron chi connectivity index (χ2n) is 7.49. The predicted molar refractivity (Wildman–Crippen MR) is 117 cm³/mol. The third-order valence-electron chi connectivity index (χ3n) is 5.25. The van der Waals surface area contributed by atoms with E-state index in [0.29, 0.717) is 30.8 Å². The summed E-state index contributed by atoms with van der Waals surface area (Å²) in [4.78, 5) is 15.2. The SMILES string of the molecule is C/C(=N\NC(=O)C1CCN(S(=O)(=O)c2ccc(C)cc2)CC1)c1cc(C)sc1C. The van der Waals surface area contributed by atoms with Gasteiger partial charge in [-0.1, -0.05) is 17.7 Å². The van der Waals surface area contributed by atoms with Crippen molar-refractivity contribution in [2.24, 2.45) is 11.0 Å². The summed E-state index contributed by atoms with van der Waals surface area (Å²) >= 11 is 1.71. The molecule has 1 aromatic carbocycles. The average molecular weight is 434 g/mol. The number of hydrogen-bond acceptors (Lipinski definition) is 5. The third kappa shape index (κ3) is 4.94. The molecule has 1 N–H and O–H groups in total. The minimum Gasteiger partial charge on any atom is -0.273 e. The molecule has 6 nitrogen and oxygen atoms in total. The molecular weight excluding hydrogens is 406 g/mol. The van der Waals surface area contributed by atoms with Gasteiger partial charge in [-0.25, -0.2) is 13.8 Å². The summed E-state index contributed by atoms with van der Waals surface area (Å²) in [5.74, 6) is -0.386. The molecule has 0 saturated carbocycles. The first-order chi connectivity index (χ1) is 13.7. The fourth-order valence-electron chi connectivity index (χ4n) is 3.50. The van der Waals surface area contributed by atoms with Crippen molar-refractivity contribution in [3.63, 3.8) is 0 Å². The molecule has 0 spiro atoms. The first-order valence-corrected chi connectivity index (χ1v) is 11.9. The van der Waals surface area contributed by atoms with Crippen LogP contribution in [0, 0.1) is 26.7 Å². The van der Waals surface area contributed by atoms with Crippen LogP contribution in [-0.2, 0) is 14.8 Å². The molecule has 156 valence electrons. The summed E-state index contributed by atoms with van der Waals surface area (Å²) in [7, 11) is -3.52. The number of nitrogens with one attached hydrogen (secondary N) is 1. The van der Waals surface area contributed by atoms with Gasteiger partial charge in [0.15, 0.2) is 0 Å². The number of thiophene rings is 1. The number of aryl methyl sites for hydroxylation is 3. The summed E-state index contributed by atoms with van der Waals surface area (Å²) in [6, 6.07) is 8.93. The number of benzene rings is 1. The van der Waals surface area contributed by atoms with Gasteiger partial charge in [0.1, 0.15) is 0 Å². The number of rotatable bonds is 5. The Morgan fingerprint density at radius 1 is 1.14 bits per heavy atom. The molecule has 0 unspecified atom stereocenters. The highest BCUT2D eigenvalue weighted by Crippen LogP contribution is 2.24. The molecule has 1 fully saturated rings. The topological polar surface area (TPSA) is 78.8 Å². The summed E-state index contributed by atoms with van der Waals surface area (Å²) in [6.45, 7) is 8.56. The molecule has 1 saturated heterocycles. The molecule has 0 bridgehead atoms. The number of hydrazone groups is 1. The van der Waals surface area contributed by atoms with Crippen molar-refractivity contribution in [1.82, 2.24) is 9.73 Å². The van der Waals surface area contributed by atoms with Gasteiger partial charge >= 0.3 is 0 Å². The molecule has 8 heteroatoms. The molecule has 1 aromatic heterocycles. The molecule has 3 rings (SSSR count). The monoisotopic (exact) mass is 433 g/mol. The van der Waals surface area contributed by atoms with Crippen LogP contribution in [0.4, 0.5) is 0 Å². The van der Waals surface area contributed by atoms with Crippen LogP contribution in [0.5, 0.6) is 0 Å². The molecule has 1 aliphatic rings. The minimum absolute atomic E-state index is 0.152. The van der Waals surface area contributed by atoms with Gasteiger partial charge in [-0.05, 0) is 58.7 Å². The first kappa shape index (κ1) is 21.7. The van der Waals surface area contributed by atoms with E-state index in [1.54, 1.807) is 35.6 Å². The van der Waals surface area contributed by atoms with Crippen LogP contribution >= 0.6 is 11.3 Å². The summed E-state index contributed by atoms with van der Waals surface area (Å²) in [5, 5.41) is 4.26. The Morgan fingerprint density at radius 2 is 1.76 bits per heavy atom. The number of sulfonamides is 1. The molecule has 0 atom stereocenters. The maximum atomic E-state index is 12.8. The van der Waals surface area contributed by atoms with Gasteiger partial charge in [0.2, 0.25) is 15.9 Å². The van der Waals surface area contributed by atoms with Crippen LogP contribution in [-0.4, -0.2) is 37.4 Å². The number of piperidine rings is 1. The Hall–Kier alpha value is -2.03. The second-order valence-corrected chi connectivity index (χ2v) is 10.9. The van der Waals surface area contributed by atoms with Crippen molar-refractivity contribution in [2.45, 2.75) is 45.4 Å². The highest BCUT2D eigenvalue weighted by Gasteiger charge is 2.32. The molecule has 1 amide bonds. The lowest BCUT2D eigenvalue weighted by molar-refractivity contribution is -0.126. The Kier molecular flexibility index (Phi) is 6.55. The van der Waals surface area contributed by atoms with Gasteiger partial charge in [0, 0.05) is 34.3 Å². The summed E-state index contributed by atoms with van der Waals surface area (Å²) < 4.78 is 27.0. The predicted octanol–water partition coefficient (Wildman–Crippen LogP) is 3.61. The van der Waals surface area contributed by atoms with Crippen LogP contribution in [0.1, 0.15) is 40.6 Å². The summed E-state index contributed by atoms with van der Waals surface area (Å²) in [6.07, 6.45) is 0.976. The van der Waals surface area contributed by atoms with E-state index in [-0.39, 0.29) is 11.8 Å². The highest BCUT2D eigenvalue weighted by atomic mass is 32.2. The fourth-order valence-corrected chi connectivity index (χ4v) is 5.94. The molecular formula is C21H27N3O3S2. The Morgan fingerprint density at radius 3 is 2.31 bits per heavy atom. The normalized spacial score (nSPS) is 16.8. The zero-order valence-corrected chi connectivity index (χ0v) is 18.9. The van der Waals surface area contributed by atoms with Gasteiger partial charge in [-0.3, -0.25) is 4.79 Å². The van der Waals surface area contributed by atoms with Crippen LogP contribution in [0.2, 0.25) is 0 Å². The van der Waals surface area contributed by atoms with Crippen LogP contribution in [0.15, 0.2) is 40.3 Å². The fraction of sp³-hybridized carbons (Fsp3) is 0.429. The Bertz CT molecular complexity index is 1020. The number of carbonyl (C=O) groups excluding carboxylic acids is 1. The highest BCUT2D eigenvalue weighted by molar-refractivity contribution is 7.89. The van der Waals surface area contributed by atoms with Gasteiger partial charge in [-0.2, -0.15) is 9.41 Å². The van der Waals surface area contributed by atoms with Crippen LogP contribution < -0.4 is 5.43 Å². The zero-order chi connectivity index (χ0) is 21.2. The summed E-state index contributed by atoms with van der Waals surface area (Å²) in [5.41, 5.74) is 5.51. The van der Waals surface area contributed by atoms with Gasteiger partial charge in [-0.15, -0.1) is 11.3 Å². The number of nitrogens with zero attached hydrogens (tertiary/aromatic N) is 2. The minimum atomic E-state index is -3.52. The lowest BCUT2D eigenvalue weighted by Crippen LogP contribution is -2.42. The van der Waals surface area contributed by atoms with E-state index < -0.39 is 10.0 Å². The maximum Gasteiger partial charge on any atom is 0.243 e. The average Bonchev–Trinajstić information content (AvgIpc) is 3.04. The van der Waals surface area contributed by atoms with Crippen LogP contribution in [0.3, 0.4) is 0 Å². The van der Waals surface area contributed by atoms with E-state index in [1.165, 1.54) is 14.1 Å². The van der Waals surface area contributed by atoms with Crippen molar-refractivity contribution < 1.29 is 13.2 Å². The van der Waals surface area contributed by atoms with E-state index in [0.717, 1.165) is 16.8 Å². The third-order valence-corrected chi connectivity index (χ3v) is 8.13.